The monoisotopic (exact) mass is 444 g/mol. The summed E-state index contributed by atoms with van der Waals surface area (Å²) < 4.78 is 49.7. The standard InChI is InChI=1S/C22H19F3N4O3/c23-22(24,25)14-4-6-18(28-11-14)32-17-10-13-3-5-16(17)29(12-13)21(30)19-15(2-1-7-26-19)20-27-8-9-31-20/h1-2,4,6-9,11,13,16-17H,3,5,10,12H2/t13-,16-,17+/m0/s1. The van der Waals surface area contributed by atoms with Gasteiger partial charge in [-0.25, -0.2) is 9.97 Å². The molecule has 3 aromatic heterocycles. The van der Waals surface area contributed by atoms with Crippen molar-refractivity contribution in [3.8, 4) is 17.3 Å². The highest BCUT2D eigenvalue weighted by molar-refractivity contribution is 5.98. The van der Waals surface area contributed by atoms with Gasteiger partial charge in [0.1, 0.15) is 18.1 Å². The summed E-state index contributed by atoms with van der Waals surface area (Å²) >= 11 is 0. The predicted molar refractivity (Wildman–Crippen MR) is 106 cm³/mol. The second kappa shape index (κ2) is 7.92. The van der Waals surface area contributed by atoms with E-state index in [0.717, 1.165) is 25.1 Å². The number of nitrogens with zero attached hydrogens (tertiary/aromatic N) is 4. The van der Waals surface area contributed by atoms with Crippen LogP contribution in [0.1, 0.15) is 35.3 Å². The van der Waals surface area contributed by atoms with Crippen LogP contribution < -0.4 is 4.74 Å². The molecule has 0 unspecified atom stereocenters. The Morgan fingerprint density at radius 1 is 1.12 bits per heavy atom. The molecule has 0 aromatic carbocycles. The van der Waals surface area contributed by atoms with E-state index in [1.54, 1.807) is 23.2 Å². The van der Waals surface area contributed by atoms with Gasteiger partial charge in [0.15, 0.2) is 0 Å². The maximum Gasteiger partial charge on any atom is 0.417 e. The smallest absolute Gasteiger partial charge is 0.417 e. The molecule has 5 heterocycles. The molecule has 3 aromatic rings. The summed E-state index contributed by atoms with van der Waals surface area (Å²) in [6.45, 7) is 0.575. The molecule has 2 bridgehead atoms. The Bertz CT molecular complexity index is 1100. The van der Waals surface area contributed by atoms with E-state index in [2.05, 4.69) is 15.0 Å². The molecule has 0 N–H and O–H groups in total. The number of rotatable bonds is 4. The van der Waals surface area contributed by atoms with Gasteiger partial charge in [0.05, 0.1) is 23.4 Å². The van der Waals surface area contributed by atoms with Gasteiger partial charge in [0.25, 0.3) is 5.91 Å². The number of piperidine rings is 2. The minimum Gasteiger partial charge on any atom is -0.472 e. The highest BCUT2D eigenvalue weighted by Crippen LogP contribution is 2.38. The van der Waals surface area contributed by atoms with Gasteiger partial charge in [-0.3, -0.25) is 9.78 Å². The van der Waals surface area contributed by atoms with Crippen LogP contribution >= 0.6 is 0 Å². The Kier molecular flexibility index (Phi) is 5.07. The van der Waals surface area contributed by atoms with Crippen molar-refractivity contribution in [2.24, 2.45) is 5.92 Å². The molecule has 2 saturated heterocycles. The number of hydrogen-bond acceptors (Lipinski definition) is 6. The fraction of sp³-hybridized carbons (Fsp3) is 0.364. The van der Waals surface area contributed by atoms with Gasteiger partial charge >= 0.3 is 6.18 Å². The van der Waals surface area contributed by atoms with Gasteiger partial charge in [-0.05, 0) is 43.4 Å². The lowest BCUT2D eigenvalue weighted by Gasteiger charge is -2.49. The van der Waals surface area contributed by atoms with Crippen LogP contribution in [0.15, 0.2) is 53.5 Å². The largest absolute Gasteiger partial charge is 0.472 e. The van der Waals surface area contributed by atoms with E-state index in [4.69, 9.17) is 9.15 Å². The fourth-order valence-corrected chi connectivity index (χ4v) is 4.51. The van der Waals surface area contributed by atoms with Gasteiger partial charge < -0.3 is 14.1 Å². The van der Waals surface area contributed by atoms with Crippen molar-refractivity contribution >= 4 is 5.91 Å². The fourth-order valence-electron chi connectivity index (χ4n) is 4.51. The molecule has 6 rings (SSSR count). The van der Waals surface area contributed by atoms with Crippen LogP contribution in [0.5, 0.6) is 5.88 Å². The predicted octanol–water partition coefficient (Wildman–Crippen LogP) is 4.22. The zero-order chi connectivity index (χ0) is 22.3. The molecule has 3 aliphatic rings. The zero-order valence-corrected chi connectivity index (χ0v) is 16.8. The van der Waals surface area contributed by atoms with E-state index in [0.29, 0.717) is 24.4 Å². The lowest BCUT2D eigenvalue weighted by Crippen LogP contribution is -2.59. The molecule has 1 amide bonds. The van der Waals surface area contributed by atoms with Crippen LogP contribution in [-0.2, 0) is 6.18 Å². The van der Waals surface area contributed by atoms with Gasteiger partial charge in [-0.15, -0.1) is 0 Å². The van der Waals surface area contributed by atoms with Crippen LogP contribution in [-0.4, -0.2) is 44.4 Å². The van der Waals surface area contributed by atoms with Crippen molar-refractivity contribution < 1.29 is 27.1 Å². The normalized spacial score (nSPS) is 22.7. The average Bonchev–Trinajstić information content (AvgIpc) is 3.33. The van der Waals surface area contributed by atoms with Gasteiger partial charge in [0, 0.05) is 25.0 Å². The Labute approximate surface area is 181 Å². The number of carbonyl (C=O) groups excluding carboxylic acids is 1. The third-order valence-electron chi connectivity index (χ3n) is 5.99. The summed E-state index contributed by atoms with van der Waals surface area (Å²) in [5, 5.41) is 0. The van der Waals surface area contributed by atoms with Gasteiger partial charge in [-0.2, -0.15) is 13.2 Å². The quantitative estimate of drug-likeness (QED) is 0.599. The van der Waals surface area contributed by atoms with Crippen LogP contribution in [0.3, 0.4) is 0 Å². The van der Waals surface area contributed by atoms with Crippen molar-refractivity contribution in [2.45, 2.75) is 37.6 Å². The third-order valence-corrected chi connectivity index (χ3v) is 5.99. The summed E-state index contributed by atoms with van der Waals surface area (Å²) in [6, 6.07) is 5.38. The molecule has 7 nitrogen and oxygen atoms in total. The Morgan fingerprint density at radius 3 is 2.69 bits per heavy atom. The minimum absolute atomic E-state index is 0.112. The summed E-state index contributed by atoms with van der Waals surface area (Å²) in [5.41, 5.74) is -0.0826. The molecule has 166 valence electrons. The Hall–Kier alpha value is -3.43. The topological polar surface area (TPSA) is 81.4 Å². The maximum absolute atomic E-state index is 13.5. The number of amides is 1. The molecule has 0 radical (unpaired) electrons. The van der Waals surface area contributed by atoms with E-state index < -0.39 is 11.7 Å². The van der Waals surface area contributed by atoms with E-state index in [-0.39, 0.29) is 35.5 Å². The molecule has 3 atom stereocenters. The van der Waals surface area contributed by atoms with Gasteiger partial charge in [-0.1, -0.05) is 0 Å². The van der Waals surface area contributed by atoms with Crippen molar-refractivity contribution in [2.75, 3.05) is 6.54 Å². The highest BCUT2D eigenvalue weighted by Gasteiger charge is 2.45. The van der Waals surface area contributed by atoms with Crippen molar-refractivity contribution in [3.05, 3.63) is 60.4 Å². The number of oxazole rings is 1. The van der Waals surface area contributed by atoms with Crippen LogP contribution in [0.25, 0.3) is 11.5 Å². The van der Waals surface area contributed by atoms with E-state index in [1.165, 1.54) is 18.5 Å². The summed E-state index contributed by atoms with van der Waals surface area (Å²) in [5.74, 6) is 0.408. The number of aromatic nitrogens is 3. The zero-order valence-electron chi connectivity index (χ0n) is 16.8. The Balaban J connectivity index is 1.37. The molecule has 0 spiro atoms. The lowest BCUT2D eigenvalue weighted by molar-refractivity contribution is -0.137. The second-order valence-electron chi connectivity index (χ2n) is 7.98. The molecule has 1 saturated carbocycles. The number of pyridine rings is 2. The lowest BCUT2D eigenvalue weighted by atomic mass is 9.77. The summed E-state index contributed by atoms with van der Waals surface area (Å²) in [6.07, 6.45) is 2.84. The number of halogens is 3. The first-order valence-corrected chi connectivity index (χ1v) is 10.3. The van der Waals surface area contributed by atoms with Crippen LogP contribution in [0.2, 0.25) is 0 Å². The molecule has 10 heteroatoms. The van der Waals surface area contributed by atoms with Crippen molar-refractivity contribution in [1.29, 1.82) is 0 Å². The summed E-state index contributed by atoms with van der Waals surface area (Å²) in [7, 11) is 0. The SMILES string of the molecule is O=C(c1ncccc1-c1ncco1)N1C[C@H]2CC[C@H]1[C@H](Oc1ccc(C(F)(F)F)cn1)C2. The Morgan fingerprint density at radius 2 is 2.00 bits per heavy atom. The van der Waals surface area contributed by atoms with E-state index >= 15 is 0 Å². The maximum atomic E-state index is 13.5. The summed E-state index contributed by atoms with van der Waals surface area (Å²) in [4.78, 5) is 27.4. The highest BCUT2D eigenvalue weighted by atomic mass is 19.4. The molecule has 1 aliphatic carbocycles. The first kappa shape index (κ1) is 20.5. The first-order valence-electron chi connectivity index (χ1n) is 10.3. The van der Waals surface area contributed by atoms with Crippen LogP contribution in [0.4, 0.5) is 13.2 Å². The first-order chi connectivity index (χ1) is 15.4. The minimum atomic E-state index is -4.46. The average molecular weight is 444 g/mol. The van der Waals surface area contributed by atoms with Crippen molar-refractivity contribution in [1.82, 2.24) is 19.9 Å². The molecular formula is C22H19F3N4O3. The van der Waals surface area contributed by atoms with E-state index in [1.807, 2.05) is 0 Å². The molecule has 32 heavy (non-hydrogen) atoms. The molecular weight excluding hydrogens is 425 g/mol. The molecule has 3 fully saturated rings. The van der Waals surface area contributed by atoms with Crippen LogP contribution in [0, 0.1) is 5.92 Å². The number of fused-ring (bicyclic) bond motifs is 3. The van der Waals surface area contributed by atoms with Crippen molar-refractivity contribution in [3.63, 3.8) is 0 Å². The number of alkyl halides is 3. The number of carbonyl (C=O) groups is 1. The number of ether oxygens (including phenoxy) is 1. The number of hydrogen-bond donors (Lipinski definition) is 0. The second-order valence-corrected chi connectivity index (χ2v) is 7.98. The molecule has 2 aliphatic heterocycles. The van der Waals surface area contributed by atoms with E-state index in [9.17, 15) is 18.0 Å². The van der Waals surface area contributed by atoms with Gasteiger partial charge in [0.2, 0.25) is 11.8 Å². The third kappa shape index (κ3) is 3.80.